The number of aromatic nitrogens is 5. The van der Waals surface area contributed by atoms with Gasteiger partial charge in [-0.3, -0.25) is 4.79 Å². The van der Waals surface area contributed by atoms with E-state index in [1.54, 1.807) is 65.9 Å². The second-order valence-corrected chi connectivity index (χ2v) is 6.49. The molecule has 2 heterocycles. The van der Waals surface area contributed by atoms with Crippen LogP contribution in [0.3, 0.4) is 0 Å². The van der Waals surface area contributed by atoms with E-state index in [2.05, 4.69) is 20.6 Å². The number of carbonyl (C=O) groups excluding carboxylic acids is 1. The second kappa shape index (κ2) is 7.47. The predicted octanol–water partition coefficient (Wildman–Crippen LogP) is 2.96. The van der Waals surface area contributed by atoms with Crippen LogP contribution in [0.15, 0.2) is 67.3 Å². The molecule has 0 unspecified atom stereocenters. The van der Waals surface area contributed by atoms with Crippen LogP contribution in [0.5, 0.6) is 0 Å². The number of rotatable bonds is 5. The van der Waals surface area contributed by atoms with Gasteiger partial charge in [0.05, 0.1) is 30.1 Å². The molecular weight excluding hydrogens is 370 g/mol. The maximum absolute atomic E-state index is 12.7. The number of aryl methyl sites for hydroxylation is 1. The lowest BCUT2D eigenvalue weighted by Crippen LogP contribution is -2.12. The van der Waals surface area contributed by atoms with Gasteiger partial charge >= 0.3 is 0 Å². The van der Waals surface area contributed by atoms with Crippen molar-refractivity contribution in [2.45, 2.75) is 0 Å². The summed E-state index contributed by atoms with van der Waals surface area (Å²) in [5, 5.41) is 11.1. The summed E-state index contributed by atoms with van der Waals surface area (Å²) in [6.07, 6.45) is 5.19. The molecule has 0 fully saturated rings. The summed E-state index contributed by atoms with van der Waals surface area (Å²) in [4.78, 5) is 28.2. The lowest BCUT2D eigenvalue weighted by molar-refractivity contribution is -0.428. The lowest BCUT2D eigenvalue weighted by atomic mass is 10.1. The van der Waals surface area contributed by atoms with Crippen LogP contribution >= 0.6 is 0 Å². The van der Waals surface area contributed by atoms with Crippen molar-refractivity contribution in [3.8, 4) is 17.1 Å². The van der Waals surface area contributed by atoms with Crippen molar-refractivity contribution < 1.29 is 9.55 Å². The van der Waals surface area contributed by atoms with Crippen LogP contribution in [0.25, 0.3) is 17.1 Å². The average Bonchev–Trinajstić information content (AvgIpc) is 3.37. The molecule has 29 heavy (non-hydrogen) atoms. The fourth-order valence-electron chi connectivity index (χ4n) is 2.88. The molecule has 1 amide bonds. The van der Waals surface area contributed by atoms with Crippen LogP contribution in [0.2, 0.25) is 0 Å². The highest BCUT2D eigenvalue weighted by Gasteiger charge is 2.13. The van der Waals surface area contributed by atoms with Gasteiger partial charge in [0.2, 0.25) is 0 Å². The van der Waals surface area contributed by atoms with Gasteiger partial charge in [-0.25, -0.2) is 9.67 Å². The maximum atomic E-state index is 12.7. The summed E-state index contributed by atoms with van der Waals surface area (Å²) in [5.74, 6) is -0.287. The second-order valence-electron chi connectivity index (χ2n) is 6.49. The van der Waals surface area contributed by atoms with Gasteiger partial charge in [-0.05, 0) is 24.3 Å². The third-order valence-corrected chi connectivity index (χ3v) is 4.41. The normalized spacial score (nSPS) is 10.7. The fourth-order valence-corrected chi connectivity index (χ4v) is 2.88. The Bertz CT molecular complexity index is 1210. The highest BCUT2D eigenvalue weighted by molar-refractivity contribution is 6.04. The summed E-state index contributed by atoms with van der Waals surface area (Å²) < 4.78 is 4.19. The van der Waals surface area contributed by atoms with Gasteiger partial charge in [-0.15, -0.1) is 5.10 Å². The number of hydrogen-bond donors (Lipinski definition) is 1. The number of anilines is 1. The Morgan fingerprint density at radius 2 is 1.97 bits per heavy atom. The Morgan fingerprint density at radius 1 is 1.14 bits per heavy atom. The molecule has 0 aliphatic rings. The molecule has 2 aromatic heterocycles. The van der Waals surface area contributed by atoms with Crippen molar-refractivity contribution in [1.29, 1.82) is 0 Å². The van der Waals surface area contributed by atoms with E-state index in [0.717, 1.165) is 10.5 Å². The van der Waals surface area contributed by atoms with Crippen molar-refractivity contribution in [3.05, 3.63) is 77.7 Å². The summed E-state index contributed by atoms with van der Waals surface area (Å²) in [7, 11) is 3.29. The van der Waals surface area contributed by atoms with Crippen LogP contribution in [0.1, 0.15) is 10.4 Å². The Balaban J connectivity index is 1.57. The molecule has 0 atom stereocenters. The van der Waals surface area contributed by atoms with Gasteiger partial charge in [0, 0.05) is 40.1 Å². The fraction of sp³-hybridized carbons (Fsp3) is 0.100. The van der Waals surface area contributed by atoms with E-state index in [1.807, 2.05) is 17.7 Å². The molecule has 1 N–H and O–H groups in total. The van der Waals surface area contributed by atoms with E-state index < -0.39 is 0 Å². The van der Waals surface area contributed by atoms with Gasteiger partial charge in [-0.1, -0.05) is 17.3 Å². The number of hydrogen-bond acceptors (Lipinski definition) is 5. The first kappa shape index (κ1) is 18.2. The molecular formula is C20H18N7O2+. The SMILES string of the molecule is Cn1cncc1-c1cn(-c2cccc(C(=O)Nc3cccc([N+](C)=O)c3)c2)nn1. The quantitative estimate of drug-likeness (QED) is 0.530. The van der Waals surface area contributed by atoms with Crippen molar-refractivity contribution >= 4 is 17.3 Å². The van der Waals surface area contributed by atoms with Crippen molar-refractivity contribution in [2.24, 2.45) is 7.05 Å². The van der Waals surface area contributed by atoms with Crippen molar-refractivity contribution in [1.82, 2.24) is 24.5 Å². The third-order valence-electron chi connectivity index (χ3n) is 4.41. The molecule has 0 saturated heterocycles. The predicted molar refractivity (Wildman–Crippen MR) is 107 cm³/mol. The highest BCUT2D eigenvalue weighted by Crippen LogP contribution is 2.19. The monoisotopic (exact) mass is 388 g/mol. The minimum absolute atomic E-state index is 0.287. The van der Waals surface area contributed by atoms with Crippen LogP contribution in [0, 0.1) is 4.91 Å². The first-order chi connectivity index (χ1) is 14.0. The molecule has 4 aromatic rings. The van der Waals surface area contributed by atoms with E-state index in [1.165, 1.54) is 7.05 Å². The van der Waals surface area contributed by atoms with Gasteiger partial charge < -0.3 is 9.88 Å². The first-order valence-electron chi connectivity index (χ1n) is 8.83. The first-order valence-corrected chi connectivity index (χ1v) is 8.83. The zero-order valence-electron chi connectivity index (χ0n) is 15.9. The van der Waals surface area contributed by atoms with E-state index in [4.69, 9.17) is 0 Å². The minimum Gasteiger partial charge on any atom is -0.332 e. The van der Waals surface area contributed by atoms with E-state index in [9.17, 15) is 9.70 Å². The molecule has 0 aliphatic carbocycles. The lowest BCUT2D eigenvalue weighted by Gasteiger charge is -2.07. The highest BCUT2D eigenvalue weighted by atomic mass is 16.3. The molecule has 0 bridgehead atoms. The minimum atomic E-state index is -0.287. The number of benzene rings is 2. The molecule has 0 aliphatic heterocycles. The zero-order chi connectivity index (χ0) is 20.4. The van der Waals surface area contributed by atoms with Crippen LogP contribution in [0.4, 0.5) is 11.4 Å². The van der Waals surface area contributed by atoms with Gasteiger partial charge in [-0.2, -0.15) is 0 Å². The Morgan fingerprint density at radius 3 is 2.72 bits per heavy atom. The molecule has 0 saturated carbocycles. The van der Waals surface area contributed by atoms with Gasteiger partial charge in [0.15, 0.2) is 7.05 Å². The Labute approximate surface area is 166 Å². The number of amides is 1. The molecule has 9 nitrogen and oxygen atoms in total. The maximum Gasteiger partial charge on any atom is 0.257 e. The number of nitrogens with zero attached hydrogens (tertiary/aromatic N) is 6. The molecule has 9 heteroatoms. The molecule has 0 spiro atoms. The van der Waals surface area contributed by atoms with Crippen LogP contribution in [-0.2, 0) is 7.05 Å². The van der Waals surface area contributed by atoms with E-state index in [0.29, 0.717) is 28.3 Å². The summed E-state index contributed by atoms with van der Waals surface area (Å²) in [5.41, 5.74) is 3.68. The van der Waals surface area contributed by atoms with E-state index >= 15 is 0 Å². The third kappa shape index (κ3) is 3.79. The molecule has 4 rings (SSSR count). The molecule has 0 radical (unpaired) electrons. The summed E-state index contributed by atoms with van der Waals surface area (Å²) in [6, 6.07) is 13.8. The standard InChI is InChI=1S/C20H17N7O2/c1-25-13-21-11-19(25)18-12-27(24-23-18)17-8-3-5-14(9-17)20(28)22-15-6-4-7-16(10-15)26(2)29/h3-13H,1-2H3/p+1. The largest absolute Gasteiger partial charge is 0.332 e. The van der Waals surface area contributed by atoms with Gasteiger partial charge in [0.25, 0.3) is 11.6 Å². The number of carbonyl (C=O) groups is 1. The zero-order valence-corrected chi connectivity index (χ0v) is 15.9. The number of nitroso groups, excluding NO2 is 1. The Hall–Kier alpha value is -4.14. The van der Waals surface area contributed by atoms with Gasteiger partial charge in [0.1, 0.15) is 5.69 Å². The van der Waals surface area contributed by atoms with E-state index in [-0.39, 0.29) is 5.91 Å². The number of imidazole rings is 1. The summed E-state index contributed by atoms with van der Waals surface area (Å²) in [6.45, 7) is 0. The Kier molecular flexibility index (Phi) is 4.70. The summed E-state index contributed by atoms with van der Waals surface area (Å²) >= 11 is 0. The average molecular weight is 388 g/mol. The smallest absolute Gasteiger partial charge is 0.257 e. The van der Waals surface area contributed by atoms with Crippen molar-refractivity contribution in [2.75, 3.05) is 12.4 Å². The van der Waals surface area contributed by atoms with Crippen molar-refractivity contribution in [3.63, 3.8) is 0 Å². The van der Waals surface area contributed by atoms with Crippen LogP contribution in [-0.4, -0.2) is 42.3 Å². The topological polar surface area (TPSA) is 97.7 Å². The number of nitrogens with one attached hydrogen (secondary N) is 1. The molecule has 2 aromatic carbocycles. The molecule has 144 valence electrons. The van der Waals surface area contributed by atoms with Crippen LogP contribution < -0.4 is 5.32 Å².